The second-order valence-corrected chi connectivity index (χ2v) is 10.5. The van der Waals surface area contributed by atoms with Crippen LogP contribution < -0.4 is 25.0 Å². The predicted octanol–water partition coefficient (Wildman–Crippen LogP) is 4.75. The molecule has 0 saturated carbocycles. The number of aromatic nitrogens is 3. The first-order valence-corrected chi connectivity index (χ1v) is 12.9. The van der Waals surface area contributed by atoms with Crippen molar-refractivity contribution in [2.75, 3.05) is 4.81 Å². The van der Waals surface area contributed by atoms with Gasteiger partial charge in [0.1, 0.15) is 11.5 Å². The molecule has 0 fully saturated rings. The lowest BCUT2D eigenvalue weighted by molar-refractivity contribution is 0.571. The summed E-state index contributed by atoms with van der Waals surface area (Å²) in [7, 11) is -0.529. The summed E-state index contributed by atoms with van der Waals surface area (Å²) in [6.45, 7) is 0. The molecule has 0 amide bonds. The maximum Gasteiger partial charge on any atom is 0.524 e. The molecule has 4 aromatic carbocycles. The predicted molar refractivity (Wildman–Crippen MR) is 151 cm³/mol. The van der Waals surface area contributed by atoms with E-state index in [1.165, 1.54) is 49.2 Å². The summed E-state index contributed by atoms with van der Waals surface area (Å²) in [6.07, 6.45) is 3.62. The summed E-state index contributed by atoms with van der Waals surface area (Å²) >= 11 is 0. The molecule has 3 aromatic heterocycles. The first-order valence-electron chi connectivity index (χ1n) is 12.9. The van der Waals surface area contributed by atoms with E-state index in [0.717, 1.165) is 33.7 Å². The molecule has 7 aromatic rings. The Morgan fingerprint density at radius 2 is 1.39 bits per heavy atom. The third kappa shape index (κ3) is 1.79. The molecule has 11 rings (SSSR count). The van der Waals surface area contributed by atoms with Gasteiger partial charge in [-0.25, -0.2) is 9.97 Å². The van der Waals surface area contributed by atoms with E-state index in [1.54, 1.807) is 6.20 Å². The first-order chi connectivity index (χ1) is 18.9. The highest BCUT2D eigenvalue weighted by atomic mass is 16.5. The Bertz CT molecular complexity index is 2290. The SMILES string of the molecule is c1cc2c3c(c1)N1B(Oc4ccnc5nccc1c45)c1ccc4c5ccc6cccc7c6c5n(c4c1-3)B2O7. The van der Waals surface area contributed by atoms with Crippen molar-refractivity contribution in [2.24, 2.45) is 0 Å². The van der Waals surface area contributed by atoms with Gasteiger partial charge in [-0.2, -0.15) is 0 Å². The van der Waals surface area contributed by atoms with E-state index in [2.05, 4.69) is 86.0 Å². The van der Waals surface area contributed by atoms with Gasteiger partial charge >= 0.3 is 14.1 Å². The van der Waals surface area contributed by atoms with Crippen LogP contribution in [0.4, 0.5) is 11.4 Å². The Kier molecular flexibility index (Phi) is 2.78. The van der Waals surface area contributed by atoms with E-state index in [-0.39, 0.29) is 14.1 Å². The van der Waals surface area contributed by atoms with Crippen molar-refractivity contribution in [3.05, 3.63) is 85.2 Å². The lowest BCUT2D eigenvalue weighted by Gasteiger charge is -2.43. The summed E-state index contributed by atoms with van der Waals surface area (Å²) in [4.78, 5) is 11.4. The van der Waals surface area contributed by atoms with Crippen molar-refractivity contribution in [3.63, 3.8) is 0 Å². The summed E-state index contributed by atoms with van der Waals surface area (Å²) in [6, 6.07) is 26.0. The third-order valence-corrected chi connectivity index (χ3v) is 8.86. The Morgan fingerprint density at radius 1 is 0.605 bits per heavy atom. The molecule has 7 heterocycles. The Balaban J connectivity index is 1.35. The number of hydrogen-bond donors (Lipinski definition) is 0. The maximum atomic E-state index is 6.84. The quantitative estimate of drug-likeness (QED) is 0.291. The Hall–Kier alpha value is -4.97. The smallest absolute Gasteiger partial charge is 0.524 e. The molecule has 8 heteroatoms. The Morgan fingerprint density at radius 3 is 2.37 bits per heavy atom. The topological polar surface area (TPSA) is 52.4 Å². The van der Waals surface area contributed by atoms with Crippen molar-refractivity contribution >= 4 is 80.0 Å². The second-order valence-electron chi connectivity index (χ2n) is 10.5. The minimum absolute atomic E-state index is 0.234. The van der Waals surface area contributed by atoms with Gasteiger partial charge in [-0.3, -0.25) is 0 Å². The molecule has 0 N–H and O–H groups in total. The molecule has 4 aliphatic heterocycles. The van der Waals surface area contributed by atoms with Gasteiger partial charge < -0.3 is 18.6 Å². The molecule has 0 radical (unpaired) electrons. The molecule has 0 spiro atoms. The van der Waals surface area contributed by atoms with Crippen LogP contribution in [-0.2, 0) is 0 Å². The molecule has 38 heavy (non-hydrogen) atoms. The van der Waals surface area contributed by atoms with Crippen LogP contribution in [0, 0.1) is 0 Å². The van der Waals surface area contributed by atoms with Gasteiger partial charge in [-0.1, -0.05) is 48.5 Å². The average Bonchev–Trinajstić information content (AvgIpc) is 3.31. The van der Waals surface area contributed by atoms with Crippen LogP contribution in [0.3, 0.4) is 0 Å². The normalized spacial score (nSPS) is 15.1. The van der Waals surface area contributed by atoms with E-state index < -0.39 is 0 Å². The standard InChI is InChI=1S/C30H14B2N4O2/c1-3-15-7-8-16-17-9-10-19-26-25-18(32-36(29(17)26)28(16)24(15)22(6-1)37-32)4-2-5-20(25)35-21-11-13-33-30-27(21)23(12-14-34-30)38-31(19)35/h1-14H. The van der Waals surface area contributed by atoms with Crippen LogP contribution in [0.2, 0.25) is 0 Å². The first kappa shape index (κ1) is 18.3. The average molecular weight is 484 g/mol. The molecular formula is C30H14B2N4O2. The van der Waals surface area contributed by atoms with E-state index in [4.69, 9.17) is 9.31 Å². The van der Waals surface area contributed by atoms with Crippen LogP contribution in [0.15, 0.2) is 85.2 Å². The van der Waals surface area contributed by atoms with Gasteiger partial charge in [-0.05, 0) is 40.6 Å². The molecular weight excluding hydrogens is 470 g/mol. The fourth-order valence-electron chi connectivity index (χ4n) is 7.49. The fourth-order valence-corrected chi connectivity index (χ4v) is 7.49. The maximum absolute atomic E-state index is 6.84. The lowest BCUT2D eigenvalue weighted by atomic mass is 9.57. The van der Waals surface area contributed by atoms with Gasteiger partial charge in [0.15, 0.2) is 5.65 Å². The summed E-state index contributed by atoms with van der Waals surface area (Å²) in [5, 5.41) is 5.87. The molecule has 0 bridgehead atoms. The second kappa shape index (κ2) is 5.78. The Labute approximate surface area is 216 Å². The molecule has 0 atom stereocenters. The van der Waals surface area contributed by atoms with E-state index in [1.807, 2.05) is 12.3 Å². The number of fused-ring (bicyclic) bond motifs is 6. The number of nitrogens with zero attached hydrogens (tertiary/aromatic N) is 4. The van der Waals surface area contributed by atoms with Gasteiger partial charge in [0.25, 0.3) is 0 Å². The van der Waals surface area contributed by atoms with E-state index in [9.17, 15) is 0 Å². The highest BCUT2D eigenvalue weighted by Gasteiger charge is 2.49. The van der Waals surface area contributed by atoms with Crippen LogP contribution in [-0.4, -0.2) is 28.5 Å². The van der Waals surface area contributed by atoms with Crippen LogP contribution in [0.5, 0.6) is 11.5 Å². The highest BCUT2D eigenvalue weighted by Crippen LogP contribution is 2.51. The van der Waals surface area contributed by atoms with Gasteiger partial charge in [0.05, 0.1) is 10.9 Å². The monoisotopic (exact) mass is 484 g/mol. The summed E-state index contributed by atoms with van der Waals surface area (Å²) < 4.78 is 16.1. The zero-order valence-corrected chi connectivity index (χ0v) is 19.8. The largest absolute Gasteiger partial charge is 0.537 e. The van der Waals surface area contributed by atoms with Gasteiger partial charge in [0.2, 0.25) is 0 Å². The fraction of sp³-hybridized carbons (Fsp3) is 0. The molecule has 0 unspecified atom stereocenters. The van der Waals surface area contributed by atoms with Crippen LogP contribution >= 0.6 is 0 Å². The van der Waals surface area contributed by atoms with Gasteiger partial charge in [0, 0.05) is 56.6 Å². The number of anilines is 2. The van der Waals surface area contributed by atoms with Crippen molar-refractivity contribution in [2.45, 2.75) is 0 Å². The molecule has 172 valence electrons. The number of benzene rings is 4. The van der Waals surface area contributed by atoms with Crippen molar-refractivity contribution in [3.8, 4) is 22.6 Å². The van der Waals surface area contributed by atoms with Gasteiger partial charge in [-0.15, -0.1) is 0 Å². The molecule has 0 aliphatic carbocycles. The number of hydrogen-bond acceptors (Lipinski definition) is 5. The van der Waals surface area contributed by atoms with Crippen molar-refractivity contribution < 1.29 is 9.31 Å². The summed E-state index contributed by atoms with van der Waals surface area (Å²) in [5.41, 5.74) is 10.2. The van der Waals surface area contributed by atoms with E-state index >= 15 is 0 Å². The number of rotatable bonds is 0. The minimum atomic E-state index is -0.295. The van der Waals surface area contributed by atoms with Crippen LogP contribution in [0.25, 0.3) is 54.7 Å². The van der Waals surface area contributed by atoms with Crippen molar-refractivity contribution in [1.29, 1.82) is 0 Å². The van der Waals surface area contributed by atoms with Crippen LogP contribution in [0.1, 0.15) is 0 Å². The lowest BCUT2D eigenvalue weighted by Crippen LogP contribution is -2.58. The summed E-state index contributed by atoms with van der Waals surface area (Å²) in [5.74, 6) is 1.76. The highest BCUT2D eigenvalue weighted by molar-refractivity contribution is 6.80. The number of pyridine rings is 2. The zero-order chi connectivity index (χ0) is 24.3. The van der Waals surface area contributed by atoms with Crippen molar-refractivity contribution in [1.82, 2.24) is 14.4 Å². The minimum Gasteiger partial charge on any atom is -0.537 e. The molecule has 6 nitrogen and oxygen atoms in total. The third-order valence-electron chi connectivity index (χ3n) is 8.86. The molecule has 4 aliphatic rings. The molecule has 0 saturated heterocycles. The zero-order valence-electron chi connectivity index (χ0n) is 19.8. The van der Waals surface area contributed by atoms with E-state index in [0.29, 0.717) is 5.65 Å².